The molecule has 0 bridgehead atoms. The fourth-order valence-corrected chi connectivity index (χ4v) is 3.06. The number of carbonyl (C=O) groups excluding carboxylic acids is 2. The summed E-state index contributed by atoms with van der Waals surface area (Å²) < 4.78 is 5.86. The second kappa shape index (κ2) is 7.12. The molecular weight excluding hydrogens is 352 g/mol. The number of hydrogen-bond acceptors (Lipinski definition) is 4. The lowest BCUT2D eigenvalue weighted by Gasteiger charge is -2.04. The molecule has 0 saturated heterocycles. The molecular formula is C23H18N2O3. The summed E-state index contributed by atoms with van der Waals surface area (Å²) in [7, 11) is 0. The first-order valence-corrected chi connectivity index (χ1v) is 8.89. The van der Waals surface area contributed by atoms with E-state index in [4.69, 9.17) is 4.42 Å². The Balaban J connectivity index is 1.65. The van der Waals surface area contributed by atoms with E-state index in [0.29, 0.717) is 28.2 Å². The van der Waals surface area contributed by atoms with Crippen LogP contribution in [0.15, 0.2) is 71.4 Å². The molecule has 2 aromatic carbocycles. The third-order valence-corrected chi connectivity index (χ3v) is 4.64. The lowest BCUT2D eigenvalue weighted by atomic mass is 10.0. The van der Waals surface area contributed by atoms with Crippen LogP contribution in [0.25, 0.3) is 11.0 Å². The van der Waals surface area contributed by atoms with Crippen LogP contribution >= 0.6 is 0 Å². The van der Waals surface area contributed by atoms with Gasteiger partial charge in [0.25, 0.3) is 5.91 Å². The van der Waals surface area contributed by atoms with Crippen LogP contribution in [0.5, 0.6) is 0 Å². The maximum atomic E-state index is 12.8. The maximum absolute atomic E-state index is 12.8. The minimum atomic E-state index is -0.258. The Morgan fingerprint density at radius 2 is 1.75 bits per heavy atom. The van der Waals surface area contributed by atoms with Crippen LogP contribution < -0.4 is 5.32 Å². The van der Waals surface area contributed by atoms with Crippen LogP contribution in [0.2, 0.25) is 0 Å². The summed E-state index contributed by atoms with van der Waals surface area (Å²) in [5.74, 6) is -0.101. The second-order valence-corrected chi connectivity index (χ2v) is 6.66. The third kappa shape index (κ3) is 3.30. The van der Waals surface area contributed by atoms with E-state index >= 15 is 0 Å². The molecule has 0 spiro atoms. The van der Waals surface area contributed by atoms with Crippen molar-refractivity contribution in [1.82, 2.24) is 4.98 Å². The van der Waals surface area contributed by atoms with Gasteiger partial charge in [0.2, 0.25) is 5.78 Å². The first-order chi connectivity index (χ1) is 13.5. The average Bonchev–Trinajstić information content (AvgIpc) is 3.04. The van der Waals surface area contributed by atoms with Crippen LogP contribution in [0.4, 0.5) is 5.69 Å². The van der Waals surface area contributed by atoms with Gasteiger partial charge < -0.3 is 9.73 Å². The van der Waals surface area contributed by atoms with Crippen molar-refractivity contribution in [2.45, 2.75) is 13.8 Å². The molecule has 1 N–H and O–H groups in total. The third-order valence-electron chi connectivity index (χ3n) is 4.64. The largest absolute Gasteiger partial charge is 0.452 e. The number of nitrogens with one attached hydrogen (secondary N) is 1. The Bertz CT molecular complexity index is 1180. The van der Waals surface area contributed by atoms with E-state index in [9.17, 15) is 9.59 Å². The minimum absolute atomic E-state index is 0.158. The predicted molar refractivity (Wildman–Crippen MR) is 108 cm³/mol. The molecule has 2 aromatic heterocycles. The molecule has 0 unspecified atom stereocenters. The first kappa shape index (κ1) is 17.7. The number of aromatic nitrogens is 1. The molecule has 4 aromatic rings. The molecule has 0 aliphatic rings. The van der Waals surface area contributed by atoms with Gasteiger partial charge in [0.15, 0.2) is 5.76 Å². The summed E-state index contributed by atoms with van der Waals surface area (Å²) in [5.41, 5.74) is 4.06. The molecule has 0 saturated carbocycles. The van der Waals surface area contributed by atoms with E-state index < -0.39 is 0 Å². The molecule has 0 aliphatic heterocycles. The van der Waals surface area contributed by atoms with Crippen molar-refractivity contribution in [3.63, 3.8) is 0 Å². The highest BCUT2D eigenvalue weighted by molar-refractivity contribution is 6.11. The van der Waals surface area contributed by atoms with Crippen molar-refractivity contribution in [1.29, 1.82) is 0 Å². The van der Waals surface area contributed by atoms with Gasteiger partial charge in [0.05, 0.1) is 5.56 Å². The SMILES string of the molecule is Cc1ccc(C(=O)c2oc3cc(NC(=O)c4cccnc4)ccc3c2C)cc1. The number of nitrogens with zero attached hydrogens (tertiary/aromatic N) is 1. The summed E-state index contributed by atoms with van der Waals surface area (Å²) in [6, 6.07) is 16.1. The molecule has 0 fully saturated rings. The standard InChI is InChI=1S/C23H18N2O3/c1-14-5-7-16(8-6-14)21(26)22-15(2)19-10-9-18(12-20(19)28-22)25-23(27)17-4-3-11-24-13-17/h3-13H,1-2H3,(H,25,27). The quantitative estimate of drug-likeness (QED) is 0.517. The van der Waals surface area contributed by atoms with Crippen molar-refractivity contribution in [2.75, 3.05) is 5.32 Å². The van der Waals surface area contributed by atoms with Gasteiger partial charge in [0.1, 0.15) is 5.58 Å². The molecule has 0 aliphatic carbocycles. The lowest BCUT2D eigenvalue weighted by molar-refractivity contribution is 0.101. The van der Waals surface area contributed by atoms with Gasteiger partial charge >= 0.3 is 0 Å². The fourth-order valence-electron chi connectivity index (χ4n) is 3.06. The number of rotatable bonds is 4. The molecule has 138 valence electrons. The van der Waals surface area contributed by atoms with E-state index in [1.807, 2.05) is 32.0 Å². The topological polar surface area (TPSA) is 72.2 Å². The highest BCUT2D eigenvalue weighted by atomic mass is 16.3. The summed E-state index contributed by atoms with van der Waals surface area (Å²) in [4.78, 5) is 29.1. The van der Waals surface area contributed by atoms with Gasteiger partial charge in [-0.15, -0.1) is 0 Å². The molecule has 1 amide bonds. The molecule has 0 radical (unpaired) electrons. The number of hydrogen-bond donors (Lipinski definition) is 1. The zero-order valence-electron chi connectivity index (χ0n) is 15.5. The maximum Gasteiger partial charge on any atom is 0.257 e. The zero-order chi connectivity index (χ0) is 19.7. The summed E-state index contributed by atoms with van der Waals surface area (Å²) >= 11 is 0. The highest BCUT2D eigenvalue weighted by Crippen LogP contribution is 2.29. The van der Waals surface area contributed by atoms with Gasteiger partial charge in [-0.2, -0.15) is 0 Å². The molecule has 5 heteroatoms. The summed E-state index contributed by atoms with van der Waals surface area (Å²) in [5, 5.41) is 3.66. The van der Waals surface area contributed by atoms with E-state index in [1.165, 1.54) is 6.20 Å². The minimum Gasteiger partial charge on any atom is -0.452 e. The first-order valence-electron chi connectivity index (χ1n) is 8.89. The van der Waals surface area contributed by atoms with Crippen molar-refractivity contribution in [3.8, 4) is 0 Å². The van der Waals surface area contributed by atoms with Crippen LogP contribution in [-0.4, -0.2) is 16.7 Å². The smallest absolute Gasteiger partial charge is 0.257 e. The monoisotopic (exact) mass is 370 g/mol. The summed E-state index contributed by atoms with van der Waals surface area (Å²) in [6.07, 6.45) is 3.12. The number of ketones is 1. The van der Waals surface area contributed by atoms with Gasteiger partial charge in [-0.3, -0.25) is 14.6 Å². The van der Waals surface area contributed by atoms with Crippen LogP contribution in [0.3, 0.4) is 0 Å². The molecule has 0 atom stereocenters. The second-order valence-electron chi connectivity index (χ2n) is 6.66. The van der Waals surface area contributed by atoms with Crippen molar-refractivity contribution in [3.05, 3.63) is 95.0 Å². The van der Waals surface area contributed by atoms with E-state index in [2.05, 4.69) is 10.3 Å². The van der Waals surface area contributed by atoms with Crippen LogP contribution in [0, 0.1) is 13.8 Å². The predicted octanol–water partition coefficient (Wildman–Crippen LogP) is 4.93. The number of anilines is 1. The average molecular weight is 370 g/mol. The Labute approximate surface area is 162 Å². The number of fused-ring (bicyclic) bond motifs is 1. The number of pyridine rings is 1. The van der Waals surface area contributed by atoms with Crippen molar-refractivity contribution in [2.24, 2.45) is 0 Å². The lowest BCUT2D eigenvalue weighted by Crippen LogP contribution is -2.11. The van der Waals surface area contributed by atoms with Crippen molar-refractivity contribution >= 4 is 28.3 Å². The van der Waals surface area contributed by atoms with Crippen molar-refractivity contribution < 1.29 is 14.0 Å². The van der Waals surface area contributed by atoms with Crippen LogP contribution in [-0.2, 0) is 0 Å². The Morgan fingerprint density at radius 1 is 0.964 bits per heavy atom. The molecule has 4 rings (SSSR count). The van der Waals surface area contributed by atoms with E-state index in [0.717, 1.165) is 16.5 Å². The normalized spacial score (nSPS) is 10.8. The molecule has 5 nitrogen and oxygen atoms in total. The number of amides is 1. The van der Waals surface area contributed by atoms with E-state index in [1.54, 1.807) is 42.6 Å². The van der Waals surface area contributed by atoms with E-state index in [-0.39, 0.29) is 11.7 Å². The number of carbonyl (C=O) groups is 2. The van der Waals surface area contributed by atoms with Gasteiger partial charge in [0, 0.05) is 40.7 Å². The van der Waals surface area contributed by atoms with Crippen LogP contribution in [0.1, 0.15) is 37.6 Å². The molecule has 2 heterocycles. The Kier molecular flexibility index (Phi) is 4.49. The number of benzene rings is 2. The summed E-state index contributed by atoms with van der Waals surface area (Å²) in [6.45, 7) is 3.84. The van der Waals surface area contributed by atoms with Gasteiger partial charge in [-0.1, -0.05) is 29.8 Å². The Morgan fingerprint density at radius 3 is 2.46 bits per heavy atom. The molecule has 28 heavy (non-hydrogen) atoms. The number of aryl methyl sites for hydroxylation is 2. The highest BCUT2D eigenvalue weighted by Gasteiger charge is 2.19. The van der Waals surface area contributed by atoms with Gasteiger partial charge in [-0.05, 0) is 38.1 Å². The number of furan rings is 1. The Hall–Kier alpha value is -3.73. The fraction of sp³-hybridized carbons (Fsp3) is 0.0870. The zero-order valence-corrected chi connectivity index (χ0v) is 15.5. The van der Waals surface area contributed by atoms with Gasteiger partial charge in [-0.25, -0.2) is 0 Å².